The van der Waals surface area contributed by atoms with Crippen LogP contribution in [0.2, 0.25) is 0 Å². The minimum atomic E-state index is -0.298. The Balaban J connectivity index is 1.53. The Morgan fingerprint density at radius 2 is 1.61 bits per heavy atom. The molecule has 0 saturated heterocycles. The van der Waals surface area contributed by atoms with Crippen LogP contribution < -0.4 is 10.2 Å². The average molecular weight is 417 g/mol. The lowest BCUT2D eigenvalue weighted by Crippen LogP contribution is -2.25. The van der Waals surface area contributed by atoms with Gasteiger partial charge in [0.05, 0.1) is 6.21 Å². The van der Waals surface area contributed by atoms with Gasteiger partial charge in [-0.25, -0.2) is 5.43 Å². The summed E-state index contributed by atoms with van der Waals surface area (Å²) in [6.07, 6.45) is 2.74. The Labute approximate surface area is 185 Å². The molecule has 0 aliphatic carbocycles. The van der Waals surface area contributed by atoms with Gasteiger partial charge in [-0.15, -0.1) is 0 Å². The van der Waals surface area contributed by atoms with Gasteiger partial charge < -0.3 is 4.74 Å². The van der Waals surface area contributed by atoms with E-state index in [0.29, 0.717) is 5.75 Å². The molecule has 3 aromatic rings. The van der Waals surface area contributed by atoms with Gasteiger partial charge in [-0.2, -0.15) is 5.10 Å². The maximum absolute atomic E-state index is 12.1. The topological polar surface area (TPSA) is 50.7 Å². The number of carbonyl (C=O) groups excluding carboxylic acids is 1. The minimum Gasteiger partial charge on any atom is -0.484 e. The molecule has 0 heterocycles. The number of nitrogens with one attached hydrogen (secondary N) is 1. The zero-order valence-electron chi connectivity index (χ0n) is 19.1. The number of hydrogen-bond donors (Lipinski definition) is 1. The fourth-order valence-corrected chi connectivity index (χ4v) is 4.15. The normalized spacial score (nSPS) is 12.3. The molecule has 1 N–H and O–H groups in total. The summed E-state index contributed by atoms with van der Waals surface area (Å²) in [4.78, 5) is 12.1. The molecule has 162 valence electrons. The molecule has 3 aromatic carbocycles. The van der Waals surface area contributed by atoms with Crippen LogP contribution in [0.1, 0.15) is 52.2 Å². The fourth-order valence-electron chi connectivity index (χ4n) is 4.15. The third-order valence-electron chi connectivity index (χ3n) is 5.19. The second-order valence-corrected chi connectivity index (χ2v) is 9.80. The first kappa shape index (κ1) is 22.5. The summed E-state index contributed by atoms with van der Waals surface area (Å²) in [5, 5.41) is 6.31. The molecule has 0 aliphatic heterocycles. The van der Waals surface area contributed by atoms with Crippen LogP contribution in [-0.4, -0.2) is 18.7 Å². The maximum atomic E-state index is 12.1. The maximum Gasteiger partial charge on any atom is 0.277 e. The van der Waals surface area contributed by atoms with Crippen molar-refractivity contribution in [2.75, 3.05) is 6.61 Å². The molecule has 0 saturated carbocycles. The Hall–Kier alpha value is -3.14. The smallest absolute Gasteiger partial charge is 0.277 e. The van der Waals surface area contributed by atoms with Crippen molar-refractivity contribution in [2.45, 2.75) is 46.5 Å². The summed E-state index contributed by atoms with van der Waals surface area (Å²) in [5.41, 5.74) is 5.07. The molecule has 3 rings (SSSR count). The van der Waals surface area contributed by atoms with Gasteiger partial charge in [0.1, 0.15) is 5.75 Å². The second kappa shape index (κ2) is 9.34. The predicted octanol–water partition coefficient (Wildman–Crippen LogP) is 6.08. The van der Waals surface area contributed by atoms with Crippen molar-refractivity contribution in [1.29, 1.82) is 0 Å². The highest BCUT2D eigenvalue weighted by atomic mass is 16.5. The SMILES string of the molecule is CC(C)(C)CC(C)(C)c1ccc(OCC(=O)N/N=C/c2cccc3ccccc23)cc1. The van der Waals surface area contributed by atoms with Crippen LogP contribution in [0.15, 0.2) is 71.8 Å². The van der Waals surface area contributed by atoms with Crippen molar-refractivity contribution < 1.29 is 9.53 Å². The monoisotopic (exact) mass is 416 g/mol. The van der Waals surface area contributed by atoms with Gasteiger partial charge in [0, 0.05) is 5.56 Å². The van der Waals surface area contributed by atoms with E-state index in [-0.39, 0.29) is 23.3 Å². The van der Waals surface area contributed by atoms with Crippen LogP contribution in [0.4, 0.5) is 0 Å². The van der Waals surface area contributed by atoms with Gasteiger partial charge in [0.15, 0.2) is 6.61 Å². The number of nitrogens with zero attached hydrogens (tertiary/aromatic N) is 1. The van der Waals surface area contributed by atoms with Gasteiger partial charge in [-0.1, -0.05) is 89.2 Å². The Kier molecular flexibility index (Phi) is 6.79. The number of ether oxygens (including phenoxy) is 1. The van der Waals surface area contributed by atoms with Crippen LogP contribution in [0, 0.1) is 5.41 Å². The summed E-state index contributed by atoms with van der Waals surface area (Å²) in [6.45, 7) is 11.2. The molecule has 4 nitrogen and oxygen atoms in total. The summed E-state index contributed by atoms with van der Waals surface area (Å²) in [7, 11) is 0. The van der Waals surface area contributed by atoms with Crippen LogP contribution in [0.5, 0.6) is 5.75 Å². The van der Waals surface area contributed by atoms with Crippen LogP contribution >= 0.6 is 0 Å². The van der Waals surface area contributed by atoms with E-state index >= 15 is 0 Å². The molecule has 1 amide bonds. The third-order valence-corrected chi connectivity index (χ3v) is 5.19. The standard InChI is InChI=1S/C27H32N2O2/c1-26(2,3)19-27(4,5)22-13-15-23(16-14-22)31-18-25(30)29-28-17-21-11-8-10-20-9-6-7-12-24(20)21/h6-17H,18-19H2,1-5H3,(H,29,30)/b28-17+. The largest absolute Gasteiger partial charge is 0.484 e. The van der Waals surface area contributed by atoms with Crippen molar-refractivity contribution in [3.63, 3.8) is 0 Å². The van der Waals surface area contributed by atoms with E-state index < -0.39 is 0 Å². The Morgan fingerprint density at radius 1 is 0.935 bits per heavy atom. The molecule has 0 radical (unpaired) electrons. The Morgan fingerprint density at radius 3 is 2.32 bits per heavy atom. The quantitative estimate of drug-likeness (QED) is 0.375. The minimum absolute atomic E-state index is 0.0739. The molecule has 0 spiro atoms. The molecule has 0 aromatic heterocycles. The number of rotatable bonds is 7. The highest BCUT2D eigenvalue weighted by Crippen LogP contribution is 2.36. The lowest BCUT2D eigenvalue weighted by atomic mass is 9.72. The average Bonchev–Trinajstić information content (AvgIpc) is 2.71. The lowest BCUT2D eigenvalue weighted by molar-refractivity contribution is -0.123. The second-order valence-electron chi connectivity index (χ2n) is 9.80. The zero-order valence-corrected chi connectivity index (χ0v) is 19.1. The first-order valence-electron chi connectivity index (χ1n) is 10.7. The van der Waals surface area contributed by atoms with Gasteiger partial charge in [-0.05, 0) is 45.7 Å². The van der Waals surface area contributed by atoms with E-state index in [1.54, 1.807) is 6.21 Å². The molecule has 0 aliphatic rings. The van der Waals surface area contributed by atoms with Crippen LogP contribution in [-0.2, 0) is 10.2 Å². The van der Waals surface area contributed by atoms with Crippen LogP contribution in [0.25, 0.3) is 10.8 Å². The fraction of sp³-hybridized carbons (Fsp3) is 0.333. The molecule has 0 unspecified atom stereocenters. The first-order valence-corrected chi connectivity index (χ1v) is 10.7. The predicted molar refractivity (Wildman–Crippen MR) is 129 cm³/mol. The molecule has 4 heteroatoms. The number of hydrogen-bond acceptors (Lipinski definition) is 3. The highest BCUT2D eigenvalue weighted by Gasteiger charge is 2.27. The van der Waals surface area contributed by atoms with Gasteiger partial charge in [0.25, 0.3) is 5.91 Å². The van der Waals surface area contributed by atoms with Gasteiger partial charge in [-0.3, -0.25) is 4.79 Å². The highest BCUT2D eigenvalue weighted by molar-refractivity contribution is 5.99. The van der Waals surface area contributed by atoms with Crippen molar-refractivity contribution >= 4 is 22.9 Å². The zero-order chi connectivity index (χ0) is 22.5. The van der Waals surface area contributed by atoms with E-state index in [0.717, 1.165) is 22.8 Å². The summed E-state index contributed by atoms with van der Waals surface area (Å²) in [5.74, 6) is 0.372. The van der Waals surface area contributed by atoms with E-state index in [2.05, 4.69) is 69.4 Å². The van der Waals surface area contributed by atoms with Crippen molar-refractivity contribution in [3.8, 4) is 5.75 Å². The van der Waals surface area contributed by atoms with Gasteiger partial charge in [0.2, 0.25) is 0 Å². The molecule has 31 heavy (non-hydrogen) atoms. The van der Waals surface area contributed by atoms with E-state index in [9.17, 15) is 4.79 Å². The van der Waals surface area contributed by atoms with Gasteiger partial charge >= 0.3 is 0 Å². The van der Waals surface area contributed by atoms with Crippen LogP contribution in [0.3, 0.4) is 0 Å². The number of carbonyl (C=O) groups is 1. The number of hydrazone groups is 1. The number of fused-ring (bicyclic) bond motifs is 1. The summed E-state index contributed by atoms with van der Waals surface area (Å²) < 4.78 is 5.62. The van der Waals surface area contributed by atoms with Crippen molar-refractivity contribution in [2.24, 2.45) is 10.5 Å². The first-order chi connectivity index (χ1) is 14.6. The molecule has 0 atom stereocenters. The molecular formula is C27H32N2O2. The molecular weight excluding hydrogens is 384 g/mol. The lowest BCUT2D eigenvalue weighted by Gasteiger charge is -2.33. The Bertz CT molecular complexity index is 1060. The van der Waals surface area contributed by atoms with E-state index in [1.807, 2.05) is 42.5 Å². The van der Waals surface area contributed by atoms with E-state index in [1.165, 1.54) is 5.56 Å². The number of benzene rings is 3. The van der Waals surface area contributed by atoms with Crippen molar-refractivity contribution in [3.05, 3.63) is 77.9 Å². The molecule has 0 bridgehead atoms. The molecule has 0 fully saturated rings. The van der Waals surface area contributed by atoms with E-state index in [4.69, 9.17) is 4.74 Å². The summed E-state index contributed by atoms with van der Waals surface area (Å²) >= 11 is 0. The van der Waals surface area contributed by atoms with Crippen molar-refractivity contribution in [1.82, 2.24) is 5.43 Å². The third kappa shape index (κ3) is 6.42. The summed E-state index contributed by atoms with van der Waals surface area (Å²) in [6, 6.07) is 22.1. The number of amides is 1.